The van der Waals surface area contributed by atoms with Gasteiger partial charge in [0.05, 0.1) is 62.1 Å². The summed E-state index contributed by atoms with van der Waals surface area (Å²) >= 11 is 0. The molecule has 1 aliphatic rings. The van der Waals surface area contributed by atoms with Crippen LogP contribution in [0.1, 0.15) is 244 Å². The topological polar surface area (TPSA) is 153 Å². The molecular weight excluding hydrogens is 1100 g/mol. The van der Waals surface area contributed by atoms with Crippen LogP contribution in [0.15, 0.2) is 107 Å². The van der Waals surface area contributed by atoms with Crippen molar-refractivity contribution in [3.8, 4) is 0 Å². The molecule has 5 aromatic carbocycles. The number of esters is 4. The number of methoxy groups -OCH3 is 4. The highest BCUT2D eigenvalue weighted by atomic mass is 16.5. The van der Waals surface area contributed by atoms with E-state index in [1.54, 1.807) is 12.1 Å². The summed E-state index contributed by atoms with van der Waals surface area (Å²) in [5.74, 6) is -1.90. The maximum absolute atomic E-state index is 13.2. The Labute approximate surface area is 528 Å². The second-order valence-corrected chi connectivity index (χ2v) is 31.9. The molecule has 5 aromatic rings. The maximum Gasteiger partial charge on any atom is 0.340 e. The van der Waals surface area contributed by atoms with Crippen molar-refractivity contribution in [2.24, 2.45) is 0 Å². The average Bonchev–Trinajstić information content (AvgIpc) is 1.16. The van der Waals surface area contributed by atoms with Crippen molar-refractivity contribution in [1.29, 1.82) is 0 Å². The van der Waals surface area contributed by atoms with E-state index in [9.17, 15) is 19.2 Å². The number of nitrogens with one attached hydrogen (secondary N) is 4. The predicted molar refractivity (Wildman–Crippen MR) is 366 cm³/mol. The Kier molecular flexibility index (Phi) is 21.4. The van der Waals surface area contributed by atoms with Crippen LogP contribution in [0.4, 0.5) is 34.1 Å². The Morgan fingerprint density at radius 2 is 0.455 bits per heavy atom. The van der Waals surface area contributed by atoms with Gasteiger partial charge < -0.3 is 40.2 Å². The molecule has 0 bridgehead atoms. The van der Waals surface area contributed by atoms with Gasteiger partial charge in [0.2, 0.25) is 0 Å². The number of carbonyl (C=O) groups excluding carboxylic acids is 4. The van der Waals surface area contributed by atoms with Gasteiger partial charge in [0.15, 0.2) is 0 Å². The molecule has 0 saturated heterocycles. The molecule has 478 valence electrons. The smallest absolute Gasteiger partial charge is 0.340 e. The molecule has 0 aromatic heterocycles. The summed E-state index contributed by atoms with van der Waals surface area (Å²) in [5.41, 5.74) is 15.8. The molecule has 0 fully saturated rings. The molecular formula is C76H106N4O8. The summed E-state index contributed by atoms with van der Waals surface area (Å²) in [7, 11) is 5.49. The summed E-state index contributed by atoms with van der Waals surface area (Å²) in [6, 6.07) is 29.2. The van der Waals surface area contributed by atoms with Crippen LogP contribution in [-0.2, 0) is 71.9 Å². The fraction of sp³-hybridized carbons (Fsp3) is 0.500. The van der Waals surface area contributed by atoms with Crippen molar-refractivity contribution in [2.75, 3.05) is 49.7 Å². The van der Waals surface area contributed by atoms with Crippen LogP contribution >= 0.6 is 0 Å². The molecule has 0 atom stereocenters. The lowest BCUT2D eigenvalue weighted by atomic mass is 9.80. The number of allylic oxidation sites excluding steroid dienone is 2. The van der Waals surface area contributed by atoms with Gasteiger partial charge in [-0.15, -0.1) is 0 Å². The summed E-state index contributed by atoms with van der Waals surface area (Å²) in [4.78, 5) is 52.9. The normalized spacial score (nSPS) is 13.7. The van der Waals surface area contributed by atoms with Crippen molar-refractivity contribution in [1.82, 2.24) is 0 Å². The molecule has 88 heavy (non-hydrogen) atoms. The maximum atomic E-state index is 13.2. The van der Waals surface area contributed by atoms with E-state index in [4.69, 9.17) is 18.9 Å². The van der Waals surface area contributed by atoms with Crippen LogP contribution in [0.5, 0.6) is 0 Å². The highest BCUT2D eigenvalue weighted by molar-refractivity contribution is 6.04. The first-order valence-corrected chi connectivity index (χ1v) is 30.8. The molecule has 6 rings (SSSR count). The number of hydrogen-bond donors (Lipinski definition) is 4. The van der Waals surface area contributed by atoms with E-state index in [0.717, 1.165) is 45.0 Å². The highest BCUT2D eigenvalue weighted by Gasteiger charge is 2.33. The SMILES string of the molecule is COC(=O)C1=C(Nc2cc(C(C)(C)C)cc(C(C)(C)C)c2)CC(C(=O)OC)=C(Nc2cc(C(C)(C)C)cc(C(C)(C)C)c2)C1.COC(=O)c1cc(Nc2cc(C(C)(C)C)cc(C(C)(C)C)c2)c(C(=O)OC)cc1Nc1cc(C(C)(C)C)cc(C(C)(C)C)c1. The number of rotatable bonds is 12. The van der Waals surface area contributed by atoms with Gasteiger partial charge in [-0.1, -0.05) is 190 Å². The first-order valence-electron chi connectivity index (χ1n) is 30.8. The Balaban J connectivity index is 0.000000321. The Hall–Kier alpha value is -7.34. The molecule has 0 saturated carbocycles. The van der Waals surface area contributed by atoms with Crippen LogP contribution in [0, 0.1) is 0 Å². The first-order chi connectivity index (χ1) is 40.1. The largest absolute Gasteiger partial charge is 0.466 e. The lowest BCUT2D eigenvalue weighted by Gasteiger charge is -2.29. The molecule has 0 unspecified atom stereocenters. The van der Waals surface area contributed by atoms with Gasteiger partial charge in [-0.25, -0.2) is 19.2 Å². The van der Waals surface area contributed by atoms with Gasteiger partial charge in [0.1, 0.15) is 0 Å². The van der Waals surface area contributed by atoms with E-state index in [-0.39, 0.29) is 56.2 Å². The van der Waals surface area contributed by atoms with Crippen molar-refractivity contribution in [2.45, 2.75) is 222 Å². The van der Waals surface area contributed by atoms with Crippen LogP contribution in [-0.4, -0.2) is 52.3 Å². The fourth-order valence-corrected chi connectivity index (χ4v) is 9.94. The van der Waals surface area contributed by atoms with Gasteiger partial charge in [-0.2, -0.15) is 0 Å². The Morgan fingerprint density at radius 3 is 0.625 bits per heavy atom. The number of carbonyl (C=O) groups is 4. The third-order valence-electron chi connectivity index (χ3n) is 16.1. The lowest BCUT2D eigenvalue weighted by molar-refractivity contribution is -0.137. The van der Waals surface area contributed by atoms with E-state index in [1.165, 1.54) is 50.7 Å². The van der Waals surface area contributed by atoms with E-state index in [0.29, 0.717) is 45.0 Å². The third kappa shape index (κ3) is 18.4. The van der Waals surface area contributed by atoms with Crippen LogP contribution < -0.4 is 21.3 Å². The quantitative estimate of drug-likeness (QED) is 0.0695. The van der Waals surface area contributed by atoms with E-state index in [2.05, 4.69) is 260 Å². The summed E-state index contributed by atoms with van der Waals surface area (Å²) in [6.45, 7) is 52.4. The first kappa shape index (κ1) is 71.4. The van der Waals surface area contributed by atoms with Crippen molar-refractivity contribution >= 4 is 58.0 Å². The minimum absolute atomic E-state index is 0.0779. The number of hydrogen-bond acceptors (Lipinski definition) is 12. The highest BCUT2D eigenvalue weighted by Crippen LogP contribution is 2.41. The second kappa shape index (κ2) is 26.4. The zero-order chi connectivity index (χ0) is 66.8. The number of anilines is 6. The molecule has 0 radical (unpaired) electrons. The molecule has 4 N–H and O–H groups in total. The minimum Gasteiger partial charge on any atom is -0.466 e. The Bertz CT molecular complexity index is 3130. The zero-order valence-electron chi connectivity index (χ0n) is 58.8. The predicted octanol–water partition coefficient (Wildman–Crippen LogP) is 19.0. The molecule has 12 heteroatoms. The molecule has 0 spiro atoms. The molecule has 0 heterocycles. The van der Waals surface area contributed by atoms with Gasteiger partial charge in [-0.3, -0.25) is 0 Å². The van der Waals surface area contributed by atoms with Gasteiger partial charge in [0, 0.05) is 47.0 Å². The van der Waals surface area contributed by atoms with Crippen molar-refractivity contribution in [3.63, 3.8) is 0 Å². The van der Waals surface area contributed by atoms with Crippen LogP contribution in [0.25, 0.3) is 0 Å². The lowest BCUT2D eigenvalue weighted by Crippen LogP contribution is -2.25. The van der Waals surface area contributed by atoms with E-state index >= 15 is 0 Å². The van der Waals surface area contributed by atoms with Gasteiger partial charge in [-0.05, 0) is 148 Å². The van der Waals surface area contributed by atoms with Crippen LogP contribution in [0.3, 0.4) is 0 Å². The van der Waals surface area contributed by atoms with Crippen LogP contribution in [0.2, 0.25) is 0 Å². The number of ether oxygens (including phenoxy) is 4. The summed E-state index contributed by atoms with van der Waals surface area (Å²) < 4.78 is 20.9. The number of benzene rings is 5. The van der Waals surface area contributed by atoms with E-state index in [1.807, 2.05) is 0 Å². The third-order valence-corrected chi connectivity index (χ3v) is 16.1. The average molecular weight is 1200 g/mol. The fourth-order valence-electron chi connectivity index (χ4n) is 9.94. The second-order valence-electron chi connectivity index (χ2n) is 31.9. The summed E-state index contributed by atoms with van der Waals surface area (Å²) in [5, 5.41) is 14.0. The van der Waals surface area contributed by atoms with Crippen molar-refractivity contribution in [3.05, 3.63) is 163 Å². The summed E-state index contributed by atoms with van der Waals surface area (Å²) in [6.07, 6.45) is 0.379. The molecule has 1 aliphatic carbocycles. The van der Waals surface area contributed by atoms with Crippen molar-refractivity contribution < 1.29 is 38.1 Å². The van der Waals surface area contributed by atoms with E-state index < -0.39 is 23.9 Å². The molecule has 12 nitrogen and oxygen atoms in total. The minimum atomic E-state index is -0.520. The standard InChI is InChI=1S/C38H54N2O4.C38H52N2O4/c2*1-35(2,3)23-15-24(36(4,5)6)18-27(17-23)39-31-21-30(34(42)44-14)32(22-29(31)33(41)43-13)40-28-19-25(37(7,8)9)16-26(20-28)38(10,11)12/h15-20,39-40H,21-22H2,1-14H3;15-22,39-40H,1-14H3. The van der Waals surface area contributed by atoms with Gasteiger partial charge in [0.25, 0.3) is 0 Å². The Morgan fingerprint density at radius 1 is 0.273 bits per heavy atom. The molecule has 0 aliphatic heterocycles. The monoisotopic (exact) mass is 1200 g/mol. The zero-order valence-corrected chi connectivity index (χ0v) is 58.8. The molecule has 0 amide bonds. The van der Waals surface area contributed by atoms with Gasteiger partial charge >= 0.3 is 23.9 Å².